The zero-order valence-corrected chi connectivity index (χ0v) is 42.9. The molecular weight excluding hydrogens is 940 g/mol. The van der Waals surface area contributed by atoms with Crippen LogP contribution in [0.4, 0.5) is 0 Å². The van der Waals surface area contributed by atoms with Crippen molar-refractivity contribution in [2.75, 3.05) is 14.2 Å². The summed E-state index contributed by atoms with van der Waals surface area (Å²) < 4.78 is 17.2. The van der Waals surface area contributed by atoms with E-state index in [4.69, 9.17) is 9.47 Å². The van der Waals surface area contributed by atoms with Gasteiger partial charge in [-0.3, -0.25) is 0 Å². The molecule has 0 radical (unpaired) electrons. The van der Waals surface area contributed by atoms with Crippen LogP contribution >= 0.6 is 22.7 Å². The van der Waals surface area contributed by atoms with Crippen molar-refractivity contribution in [1.29, 1.82) is 0 Å². The summed E-state index contributed by atoms with van der Waals surface area (Å²) in [6.45, 7) is 4.47. The van der Waals surface area contributed by atoms with Gasteiger partial charge < -0.3 is 18.4 Å². The first-order valence-electron chi connectivity index (χ1n) is 25.5. The first-order chi connectivity index (χ1) is 36.4. The molecule has 0 bridgehead atoms. The minimum Gasteiger partial charge on any atom is -0.497 e. The Morgan fingerprint density at radius 3 is 1.55 bits per heavy atom. The summed E-state index contributed by atoms with van der Waals surface area (Å²) in [7, 11) is 3.51. The van der Waals surface area contributed by atoms with Crippen molar-refractivity contribution in [3.63, 3.8) is 0 Å². The van der Waals surface area contributed by atoms with E-state index in [1.807, 2.05) is 22.7 Å². The van der Waals surface area contributed by atoms with Gasteiger partial charge in [-0.25, -0.2) is 0 Å². The van der Waals surface area contributed by atoms with Crippen molar-refractivity contribution >= 4 is 122 Å². The van der Waals surface area contributed by atoms with Gasteiger partial charge in [-0.2, -0.15) is 11.6 Å². The van der Waals surface area contributed by atoms with Crippen LogP contribution in [0.3, 0.4) is 0 Å². The van der Waals surface area contributed by atoms with Crippen LogP contribution in [-0.2, 0) is 12.8 Å². The Balaban J connectivity index is 1.14. The molecule has 7 heteroatoms. The average molecular weight is 985 g/mol. The second-order valence-corrected chi connectivity index (χ2v) is 22.0. The number of methoxy groups -OCH3 is 2. The molecule has 3 aromatic heterocycles. The number of nitrogens with zero attached hydrogens (tertiary/aromatic N) is 2. The van der Waals surface area contributed by atoms with Gasteiger partial charge in [0.15, 0.2) is 11.4 Å². The lowest BCUT2D eigenvalue weighted by molar-refractivity contribution is -0.279. The summed E-state index contributed by atoms with van der Waals surface area (Å²) in [5.41, 5.74) is 8.44. The van der Waals surface area contributed by atoms with Gasteiger partial charge in [0.2, 0.25) is 0 Å². The van der Waals surface area contributed by atoms with E-state index in [0.29, 0.717) is 0 Å². The molecule has 0 saturated carbocycles. The number of fused-ring (bicyclic) bond motifs is 6. The minimum absolute atomic E-state index is 0.801. The number of ether oxygens (including phenoxy) is 2. The van der Waals surface area contributed by atoms with Crippen molar-refractivity contribution in [1.82, 2.24) is 4.48 Å². The van der Waals surface area contributed by atoms with Crippen LogP contribution in [0.15, 0.2) is 170 Å². The summed E-state index contributed by atoms with van der Waals surface area (Å²) in [5.74, 6) is 18.1. The summed E-state index contributed by atoms with van der Waals surface area (Å²) in [6, 6.07) is 62.4. The summed E-state index contributed by atoms with van der Waals surface area (Å²) >= 11 is 3.69. The van der Waals surface area contributed by atoms with E-state index in [9.17, 15) is 0 Å². The van der Waals surface area contributed by atoms with Gasteiger partial charge in [-0.1, -0.05) is 111 Å². The Morgan fingerprint density at radius 2 is 0.986 bits per heavy atom. The molecule has 13 aromatic rings. The molecule has 10 aromatic carbocycles. The quantitative estimate of drug-likeness (QED) is 0.0943. The zero-order valence-electron chi connectivity index (χ0n) is 41.3. The first kappa shape index (κ1) is 43.0. The molecule has 15 rings (SSSR count). The van der Waals surface area contributed by atoms with E-state index in [-0.39, 0.29) is 0 Å². The predicted octanol–water partition coefficient (Wildman–Crippen LogP) is 16.2. The topological polar surface area (TPSA) is 26.4 Å². The Morgan fingerprint density at radius 1 is 0.486 bits per heavy atom. The number of hydrogen-bond donors (Lipinski definition) is 0. The fourth-order valence-corrected chi connectivity index (χ4v) is 14.5. The molecule has 0 saturated heterocycles. The average Bonchev–Trinajstić information content (AvgIpc) is 4.32. The highest BCUT2D eigenvalue weighted by Gasteiger charge is 2.52. The van der Waals surface area contributed by atoms with E-state index in [0.717, 1.165) is 101 Å². The minimum atomic E-state index is -2.50. The number of benzene rings is 10. The van der Waals surface area contributed by atoms with E-state index in [2.05, 4.69) is 222 Å². The van der Waals surface area contributed by atoms with Crippen LogP contribution in [0.5, 0.6) is 11.5 Å². The van der Waals surface area contributed by atoms with Crippen LogP contribution in [0.1, 0.15) is 56.4 Å². The molecule has 0 amide bonds. The third-order valence-electron chi connectivity index (χ3n) is 15.9. The van der Waals surface area contributed by atoms with E-state index in [1.165, 1.54) is 63.6 Å². The molecule has 0 atom stereocenters. The molecule has 2 aliphatic rings. The SMILES string of the molecule is CCc1ccc(C2=[N+]3C(=Cc4c5ccc(OC)cc5c(-c5ccc(CC)s5)n4[B-]3(C#Cc3ccc4ccc5cccc6ccc3c4c56)C#Cc3ccc4ccc5cccc6ccc3c4c56)c3ccc(OC)cc32)s1. The monoisotopic (exact) mass is 984 g/mol. The van der Waals surface area contributed by atoms with Gasteiger partial charge in [0, 0.05) is 54.0 Å². The maximum atomic E-state index is 6.05. The van der Waals surface area contributed by atoms with Crippen molar-refractivity contribution in [3.8, 4) is 45.6 Å². The van der Waals surface area contributed by atoms with Gasteiger partial charge in [0.1, 0.15) is 11.5 Å². The predicted molar refractivity (Wildman–Crippen MR) is 314 cm³/mol. The van der Waals surface area contributed by atoms with Crippen LogP contribution in [0, 0.1) is 23.5 Å². The van der Waals surface area contributed by atoms with Crippen molar-refractivity contribution in [2.45, 2.75) is 26.7 Å². The second kappa shape index (κ2) is 16.2. The largest absolute Gasteiger partial charge is 0.521 e. The second-order valence-electron chi connectivity index (χ2n) is 19.7. The normalized spacial score (nSPS) is 13.7. The molecule has 5 heterocycles. The molecule has 0 fully saturated rings. The lowest BCUT2D eigenvalue weighted by Gasteiger charge is -2.36. The Kier molecular flexibility index (Phi) is 9.43. The first-order valence-corrected chi connectivity index (χ1v) is 27.1. The maximum Gasteiger partial charge on any atom is 0.521 e. The Labute approximate surface area is 436 Å². The molecule has 0 spiro atoms. The molecule has 2 aliphatic heterocycles. The van der Waals surface area contributed by atoms with E-state index >= 15 is 0 Å². The number of aromatic nitrogens is 1. The highest BCUT2D eigenvalue weighted by molar-refractivity contribution is 7.15. The Hall–Kier alpha value is -8.59. The summed E-state index contributed by atoms with van der Waals surface area (Å²) in [6.07, 6.45) is 1.77. The standard InChI is InChI=1S/C67H45BN2O2S2/c1-5-50-25-31-60(73-50)66-56-37-48(71-3)23-29-54(56)58-39-59-55-30-24-49(72-4)38-57(55)67(61-32-26-51(6-2)74-61)70(59)68(69(58)66,35-33-40-13-15-46-19-17-42-9-7-11-44-21-27-52(40)64(46)62(42)44)36-34-41-14-16-47-20-18-43-10-8-12-45-22-28-53(41)65(47)63(43)45/h7-32,37-39H,5-6H2,1-4H3. The van der Waals surface area contributed by atoms with Crippen LogP contribution in [0.25, 0.3) is 97.8 Å². The third kappa shape index (κ3) is 6.09. The molecule has 74 heavy (non-hydrogen) atoms. The number of aryl methyl sites for hydroxylation is 2. The third-order valence-corrected chi connectivity index (χ3v) is 18.4. The van der Waals surface area contributed by atoms with Crippen molar-refractivity contribution < 1.29 is 14.0 Å². The molecular formula is C67H45BN2O2S2. The smallest absolute Gasteiger partial charge is 0.497 e. The zero-order chi connectivity index (χ0) is 49.4. The fraction of sp³-hybridized carbons (Fsp3) is 0.0896. The number of thiophene rings is 2. The van der Waals surface area contributed by atoms with E-state index < -0.39 is 6.42 Å². The summed E-state index contributed by atoms with van der Waals surface area (Å²) in [4.78, 5) is 4.95. The molecule has 0 aliphatic carbocycles. The maximum absolute atomic E-state index is 6.05. The molecule has 0 unspecified atom stereocenters. The van der Waals surface area contributed by atoms with Crippen LogP contribution in [-0.4, -0.2) is 35.3 Å². The Bertz CT molecular complexity index is 4550. The van der Waals surface area contributed by atoms with Crippen molar-refractivity contribution in [2.24, 2.45) is 0 Å². The fourth-order valence-electron chi connectivity index (χ4n) is 12.4. The van der Waals surface area contributed by atoms with E-state index in [1.54, 1.807) is 14.2 Å². The lowest BCUT2D eigenvalue weighted by atomic mass is 9.45. The van der Waals surface area contributed by atoms with Gasteiger partial charge in [-0.15, -0.1) is 34.5 Å². The van der Waals surface area contributed by atoms with Gasteiger partial charge in [-0.05, 0) is 150 Å². The van der Waals surface area contributed by atoms with Crippen LogP contribution < -0.4 is 9.47 Å². The van der Waals surface area contributed by atoms with Gasteiger partial charge >= 0.3 is 6.42 Å². The molecule has 0 N–H and O–H groups in total. The van der Waals surface area contributed by atoms with Gasteiger partial charge in [0.05, 0.1) is 30.2 Å². The van der Waals surface area contributed by atoms with Gasteiger partial charge in [0.25, 0.3) is 0 Å². The number of hydrogen-bond acceptors (Lipinski definition) is 4. The highest BCUT2D eigenvalue weighted by atomic mass is 32.1. The highest BCUT2D eigenvalue weighted by Crippen LogP contribution is 2.49. The van der Waals surface area contributed by atoms with Crippen molar-refractivity contribution in [3.05, 3.63) is 212 Å². The van der Waals surface area contributed by atoms with Crippen LogP contribution in [0.2, 0.25) is 0 Å². The molecule has 350 valence electrons. The summed E-state index contributed by atoms with van der Waals surface area (Å²) in [5, 5.41) is 16.8. The lowest BCUT2D eigenvalue weighted by Crippen LogP contribution is -2.56. The molecule has 4 nitrogen and oxygen atoms in total. The number of rotatable bonds is 6.